The quantitative estimate of drug-likeness (QED) is 0.624. The van der Waals surface area contributed by atoms with Crippen molar-refractivity contribution in [3.8, 4) is 5.75 Å². The van der Waals surface area contributed by atoms with Gasteiger partial charge < -0.3 is 16.6 Å². The number of nitrogens with zero attached hydrogens (tertiary/aromatic N) is 1. The predicted octanol–water partition coefficient (Wildman–Crippen LogP) is -0.696. The molecule has 1 rings (SSSR count). The lowest BCUT2D eigenvalue weighted by atomic mass is 10.2. The van der Waals surface area contributed by atoms with Crippen molar-refractivity contribution in [2.45, 2.75) is 6.54 Å². The van der Waals surface area contributed by atoms with E-state index >= 15 is 0 Å². The molecule has 0 aliphatic rings. The van der Waals surface area contributed by atoms with Crippen molar-refractivity contribution in [2.24, 2.45) is 11.5 Å². The van der Waals surface area contributed by atoms with Crippen molar-refractivity contribution < 1.29 is 19.1 Å². The predicted molar refractivity (Wildman–Crippen MR) is 61.7 cm³/mol. The van der Waals surface area contributed by atoms with E-state index in [1.807, 2.05) is 0 Å². The Hall–Kier alpha value is -2.15. The molecule has 0 fully saturated rings. The molecular formula is C11H14FN3O3. The first-order valence-electron chi connectivity index (χ1n) is 5.15. The molecule has 0 saturated carbocycles. The van der Waals surface area contributed by atoms with Crippen LogP contribution >= 0.6 is 0 Å². The van der Waals surface area contributed by atoms with Gasteiger partial charge in [0.05, 0.1) is 13.1 Å². The molecule has 6 nitrogen and oxygen atoms in total. The molecule has 0 saturated heterocycles. The molecule has 18 heavy (non-hydrogen) atoms. The van der Waals surface area contributed by atoms with E-state index in [0.29, 0.717) is 5.56 Å². The van der Waals surface area contributed by atoms with Crippen LogP contribution < -0.4 is 11.5 Å². The summed E-state index contributed by atoms with van der Waals surface area (Å²) < 4.78 is 13.1. The molecule has 2 amide bonds. The third kappa shape index (κ3) is 4.38. The van der Waals surface area contributed by atoms with Crippen LogP contribution in [0, 0.1) is 5.82 Å². The number of hydrogen-bond donors (Lipinski definition) is 3. The Balaban J connectivity index is 2.77. The largest absolute Gasteiger partial charge is 0.505 e. The summed E-state index contributed by atoms with van der Waals surface area (Å²) in [5.41, 5.74) is 10.6. The van der Waals surface area contributed by atoms with Gasteiger partial charge in [-0.3, -0.25) is 14.5 Å². The summed E-state index contributed by atoms with van der Waals surface area (Å²) >= 11 is 0. The maximum Gasteiger partial charge on any atom is 0.231 e. The van der Waals surface area contributed by atoms with Crippen molar-refractivity contribution in [2.75, 3.05) is 13.1 Å². The standard InChI is InChI=1S/C11H14FN3O3/c12-8-3-7(1-2-9(8)16)4-15(5-10(13)17)6-11(14)18/h1-3,16H,4-6H2,(H2,13,17)(H2,14,18). The highest BCUT2D eigenvalue weighted by atomic mass is 19.1. The smallest absolute Gasteiger partial charge is 0.231 e. The summed E-state index contributed by atoms with van der Waals surface area (Å²) in [6.07, 6.45) is 0. The fraction of sp³-hybridized carbons (Fsp3) is 0.273. The van der Waals surface area contributed by atoms with Gasteiger partial charge in [-0.05, 0) is 17.7 Å². The van der Waals surface area contributed by atoms with E-state index in [0.717, 1.165) is 6.07 Å². The first-order chi connectivity index (χ1) is 8.38. The molecule has 0 aliphatic carbocycles. The molecule has 1 aromatic carbocycles. The van der Waals surface area contributed by atoms with E-state index in [-0.39, 0.29) is 19.6 Å². The summed E-state index contributed by atoms with van der Waals surface area (Å²) in [5, 5.41) is 9.03. The zero-order valence-corrected chi connectivity index (χ0v) is 9.60. The molecule has 7 heteroatoms. The van der Waals surface area contributed by atoms with Crippen LogP contribution in [0.3, 0.4) is 0 Å². The number of primary amides is 2. The van der Waals surface area contributed by atoms with Crippen LogP contribution in [0.25, 0.3) is 0 Å². The molecule has 0 unspecified atom stereocenters. The number of nitrogens with two attached hydrogens (primary N) is 2. The number of benzene rings is 1. The van der Waals surface area contributed by atoms with E-state index in [2.05, 4.69) is 0 Å². The fourth-order valence-corrected chi connectivity index (χ4v) is 1.52. The average molecular weight is 255 g/mol. The first-order valence-corrected chi connectivity index (χ1v) is 5.15. The van der Waals surface area contributed by atoms with Crippen LogP contribution in [0.1, 0.15) is 5.56 Å². The second-order valence-electron chi connectivity index (χ2n) is 3.86. The van der Waals surface area contributed by atoms with E-state index in [1.165, 1.54) is 17.0 Å². The molecule has 5 N–H and O–H groups in total. The second-order valence-corrected chi connectivity index (χ2v) is 3.86. The molecule has 1 aromatic rings. The molecule has 0 spiro atoms. The van der Waals surface area contributed by atoms with Crippen LogP contribution in [-0.4, -0.2) is 34.9 Å². The normalized spacial score (nSPS) is 10.6. The van der Waals surface area contributed by atoms with Crippen molar-refractivity contribution >= 4 is 11.8 Å². The van der Waals surface area contributed by atoms with Gasteiger partial charge in [0.1, 0.15) is 0 Å². The number of phenols is 1. The number of halogens is 1. The van der Waals surface area contributed by atoms with Gasteiger partial charge in [-0.25, -0.2) is 4.39 Å². The third-order valence-corrected chi connectivity index (χ3v) is 2.18. The van der Waals surface area contributed by atoms with Gasteiger partial charge >= 0.3 is 0 Å². The Bertz CT molecular complexity index is 449. The summed E-state index contributed by atoms with van der Waals surface area (Å²) in [6.45, 7) is -0.194. The van der Waals surface area contributed by atoms with Crippen molar-refractivity contribution in [1.29, 1.82) is 0 Å². The molecule has 0 aromatic heterocycles. The number of aromatic hydroxyl groups is 1. The van der Waals surface area contributed by atoms with Crippen molar-refractivity contribution in [3.05, 3.63) is 29.6 Å². The van der Waals surface area contributed by atoms with Gasteiger partial charge in [0.2, 0.25) is 11.8 Å². The fourth-order valence-electron chi connectivity index (χ4n) is 1.52. The van der Waals surface area contributed by atoms with E-state index < -0.39 is 23.4 Å². The highest BCUT2D eigenvalue weighted by Crippen LogP contribution is 2.17. The number of amides is 2. The lowest BCUT2D eigenvalue weighted by Crippen LogP contribution is -2.39. The molecule has 0 radical (unpaired) electrons. The van der Waals surface area contributed by atoms with Crippen molar-refractivity contribution in [3.63, 3.8) is 0 Å². The molecular weight excluding hydrogens is 241 g/mol. The first kappa shape index (κ1) is 13.9. The Morgan fingerprint density at radius 3 is 2.22 bits per heavy atom. The summed E-state index contributed by atoms with van der Waals surface area (Å²) in [6, 6.07) is 3.79. The molecule has 0 bridgehead atoms. The van der Waals surface area contributed by atoms with Crippen LogP contribution in [0.2, 0.25) is 0 Å². The van der Waals surface area contributed by atoms with Gasteiger partial charge in [0, 0.05) is 6.54 Å². The molecule has 98 valence electrons. The highest BCUT2D eigenvalue weighted by molar-refractivity contribution is 5.79. The zero-order valence-electron chi connectivity index (χ0n) is 9.60. The Kier molecular flexibility index (Phi) is 4.61. The van der Waals surface area contributed by atoms with Crippen LogP contribution in [-0.2, 0) is 16.1 Å². The minimum Gasteiger partial charge on any atom is -0.505 e. The zero-order chi connectivity index (χ0) is 13.7. The van der Waals surface area contributed by atoms with Crippen LogP contribution in [0.5, 0.6) is 5.75 Å². The van der Waals surface area contributed by atoms with Gasteiger partial charge in [-0.15, -0.1) is 0 Å². The Morgan fingerprint density at radius 2 is 1.78 bits per heavy atom. The van der Waals surface area contributed by atoms with Gasteiger partial charge in [-0.1, -0.05) is 6.07 Å². The number of carbonyl (C=O) groups excluding carboxylic acids is 2. The van der Waals surface area contributed by atoms with E-state index in [9.17, 15) is 14.0 Å². The number of carbonyl (C=O) groups is 2. The average Bonchev–Trinajstić information content (AvgIpc) is 2.21. The Morgan fingerprint density at radius 1 is 1.22 bits per heavy atom. The maximum atomic E-state index is 13.1. The Labute approximate surface area is 103 Å². The summed E-state index contributed by atoms with van der Waals surface area (Å²) in [5.74, 6) is -2.47. The molecule has 0 atom stereocenters. The second kappa shape index (κ2) is 5.97. The number of rotatable bonds is 6. The lowest BCUT2D eigenvalue weighted by Gasteiger charge is -2.18. The molecule has 0 aliphatic heterocycles. The SMILES string of the molecule is NC(=O)CN(CC(N)=O)Cc1ccc(O)c(F)c1. The van der Waals surface area contributed by atoms with Crippen molar-refractivity contribution in [1.82, 2.24) is 4.90 Å². The highest BCUT2D eigenvalue weighted by Gasteiger charge is 2.12. The minimum atomic E-state index is -0.773. The number of phenolic OH excluding ortho intramolecular Hbond substituents is 1. The van der Waals surface area contributed by atoms with E-state index in [1.54, 1.807) is 0 Å². The maximum absolute atomic E-state index is 13.1. The minimum absolute atomic E-state index is 0.128. The van der Waals surface area contributed by atoms with E-state index in [4.69, 9.17) is 16.6 Å². The van der Waals surface area contributed by atoms with Gasteiger partial charge in [0.25, 0.3) is 0 Å². The lowest BCUT2D eigenvalue weighted by molar-refractivity contribution is -0.122. The monoisotopic (exact) mass is 255 g/mol. The number of hydrogen-bond acceptors (Lipinski definition) is 4. The van der Waals surface area contributed by atoms with Crippen LogP contribution in [0.4, 0.5) is 4.39 Å². The van der Waals surface area contributed by atoms with Gasteiger partial charge in [0.15, 0.2) is 11.6 Å². The summed E-state index contributed by atoms with van der Waals surface area (Å²) in [4.78, 5) is 23.0. The van der Waals surface area contributed by atoms with Gasteiger partial charge in [-0.2, -0.15) is 0 Å². The summed E-state index contributed by atoms with van der Waals surface area (Å²) in [7, 11) is 0. The topological polar surface area (TPSA) is 110 Å². The van der Waals surface area contributed by atoms with Crippen LogP contribution in [0.15, 0.2) is 18.2 Å². The molecule has 0 heterocycles. The third-order valence-electron chi connectivity index (χ3n) is 2.18.